The van der Waals surface area contributed by atoms with Crippen LogP contribution in [0, 0.1) is 17.8 Å². The normalized spacial score (nSPS) is 23.3. The Bertz CT molecular complexity index is 861. The molecule has 0 aliphatic heterocycles. The molecule has 2 aliphatic carbocycles. The van der Waals surface area contributed by atoms with E-state index >= 15 is 0 Å². The van der Waals surface area contributed by atoms with Crippen molar-refractivity contribution >= 4 is 11.8 Å². The lowest BCUT2D eigenvalue weighted by Crippen LogP contribution is -2.43. The van der Waals surface area contributed by atoms with Crippen molar-refractivity contribution in [2.24, 2.45) is 17.8 Å². The predicted molar refractivity (Wildman–Crippen MR) is 109 cm³/mol. The number of nitrogens with zero attached hydrogens (tertiary/aromatic N) is 1. The Morgan fingerprint density at radius 3 is 2.25 bits per heavy atom. The number of pyridine rings is 1. The highest BCUT2D eigenvalue weighted by molar-refractivity contribution is 5.99. The van der Waals surface area contributed by atoms with Gasteiger partial charge in [-0.25, -0.2) is 0 Å². The van der Waals surface area contributed by atoms with Crippen LogP contribution in [-0.2, 0) is 0 Å². The molecule has 2 N–H and O–H groups in total. The van der Waals surface area contributed by atoms with E-state index in [-0.39, 0.29) is 17.2 Å². The summed E-state index contributed by atoms with van der Waals surface area (Å²) in [5, 5.41) is 5.74. The van der Waals surface area contributed by atoms with Crippen molar-refractivity contribution in [3.05, 3.63) is 45.9 Å². The minimum absolute atomic E-state index is 0.000804. The van der Waals surface area contributed by atoms with E-state index in [9.17, 15) is 14.4 Å². The number of carbonyl (C=O) groups is 2. The Balaban J connectivity index is 1.82. The molecular formula is C22H31N3O3. The summed E-state index contributed by atoms with van der Waals surface area (Å²) < 4.78 is 1.74. The zero-order valence-electron chi connectivity index (χ0n) is 17.4. The van der Waals surface area contributed by atoms with Gasteiger partial charge in [-0.05, 0) is 65.2 Å². The number of aromatic nitrogens is 1. The van der Waals surface area contributed by atoms with E-state index in [1.165, 1.54) is 12.6 Å². The monoisotopic (exact) mass is 385 g/mol. The fraction of sp³-hybridized carbons (Fsp3) is 0.591. The molecule has 1 fully saturated rings. The minimum Gasteiger partial charge on any atom is -0.352 e. The zero-order chi connectivity index (χ0) is 20.6. The number of allylic oxidation sites excluding steroid dienone is 2. The Morgan fingerprint density at radius 2 is 1.75 bits per heavy atom. The van der Waals surface area contributed by atoms with Gasteiger partial charge in [0, 0.05) is 30.5 Å². The van der Waals surface area contributed by atoms with Crippen molar-refractivity contribution in [1.29, 1.82) is 0 Å². The quantitative estimate of drug-likeness (QED) is 0.765. The maximum absolute atomic E-state index is 12.9. The number of hydrogen-bond donors (Lipinski definition) is 2. The Kier molecular flexibility index (Phi) is 5.50. The van der Waals surface area contributed by atoms with Gasteiger partial charge in [0.2, 0.25) is 5.43 Å². The number of carbonyl (C=O) groups excluding carboxylic acids is 2. The van der Waals surface area contributed by atoms with Gasteiger partial charge in [0.25, 0.3) is 11.8 Å². The van der Waals surface area contributed by atoms with Crippen LogP contribution in [0.4, 0.5) is 0 Å². The van der Waals surface area contributed by atoms with E-state index in [4.69, 9.17) is 0 Å². The standard InChI is InChI=1S/C22H31N3O3/c1-13(2)25-11-17(19(26)18(12-25)21(28)24-22(3,4)5)20(27)23-10-16-9-14-6-7-15(16)8-14/h6-7,11-16H,8-10H2,1-5H3,(H,23,27)(H,24,28)/t14-,15+,16-/m1/s1. The lowest BCUT2D eigenvalue weighted by atomic mass is 9.93. The first-order valence-corrected chi connectivity index (χ1v) is 10.1. The molecule has 3 atom stereocenters. The van der Waals surface area contributed by atoms with E-state index in [0.717, 1.165) is 6.42 Å². The van der Waals surface area contributed by atoms with Crippen molar-refractivity contribution in [2.45, 2.75) is 59.0 Å². The zero-order valence-corrected chi connectivity index (χ0v) is 17.4. The molecule has 2 bridgehead atoms. The van der Waals surface area contributed by atoms with Crippen LogP contribution in [-0.4, -0.2) is 28.5 Å². The highest BCUT2D eigenvalue weighted by atomic mass is 16.2. The third kappa shape index (κ3) is 4.37. The van der Waals surface area contributed by atoms with Crippen LogP contribution in [0.15, 0.2) is 29.3 Å². The van der Waals surface area contributed by atoms with Crippen molar-refractivity contribution in [1.82, 2.24) is 15.2 Å². The fourth-order valence-electron chi connectivity index (χ4n) is 4.08. The van der Waals surface area contributed by atoms with Crippen LogP contribution in [0.1, 0.15) is 74.2 Å². The van der Waals surface area contributed by atoms with Crippen LogP contribution in [0.3, 0.4) is 0 Å². The molecule has 2 amide bonds. The molecule has 0 radical (unpaired) electrons. The van der Waals surface area contributed by atoms with Crippen LogP contribution in [0.2, 0.25) is 0 Å². The molecule has 6 nitrogen and oxygen atoms in total. The molecule has 3 rings (SSSR count). The molecule has 0 saturated heterocycles. The number of rotatable bonds is 5. The van der Waals surface area contributed by atoms with Crippen molar-refractivity contribution in [3.63, 3.8) is 0 Å². The summed E-state index contributed by atoms with van der Waals surface area (Å²) in [5.41, 5.74) is -0.975. The van der Waals surface area contributed by atoms with Gasteiger partial charge in [0.05, 0.1) is 0 Å². The predicted octanol–water partition coefficient (Wildman–Crippen LogP) is 2.90. The third-order valence-corrected chi connectivity index (χ3v) is 5.56. The van der Waals surface area contributed by atoms with E-state index in [0.29, 0.717) is 24.3 Å². The van der Waals surface area contributed by atoms with Crippen molar-refractivity contribution in [2.75, 3.05) is 6.54 Å². The first kappa shape index (κ1) is 20.4. The Labute approximate surface area is 166 Å². The second kappa shape index (κ2) is 7.57. The molecule has 2 aliphatic rings. The topological polar surface area (TPSA) is 80.2 Å². The number of nitrogens with one attached hydrogen (secondary N) is 2. The van der Waals surface area contributed by atoms with Crippen molar-refractivity contribution < 1.29 is 9.59 Å². The lowest BCUT2D eigenvalue weighted by Gasteiger charge is -2.22. The van der Waals surface area contributed by atoms with Gasteiger partial charge < -0.3 is 15.2 Å². The molecule has 152 valence electrons. The van der Waals surface area contributed by atoms with Gasteiger partial charge in [0.1, 0.15) is 11.1 Å². The second-order valence-electron chi connectivity index (χ2n) is 9.41. The minimum atomic E-state index is -0.524. The highest BCUT2D eigenvalue weighted by Crippen LogP contribution is 2.42. The van der Waals surface area contributed by atoms with Gasteiger partial charge in [0.15, 0.2) is 0 Å². The van der Waals surface area contributed by atoms with Gasteiger partial charge in [-0.15, -0.1) is 0 Å². The van der Waals surface area contributed by atoms with E-state index in [1.807, 2.05) is 34.6 Å². The third-order valence-electron chi connectivity index (χ3n) is 5.56. The van der Waals surface area contributed by atoms with Crippen molar-refractivity contribution in [3.8, 4) is 0 Å². The number of amides is 2. The largest absolute Gasteiger partial charge is 0.352 e. The molecule has 1 aromatic rings. The van der Waals surface area contributed by atoms with Gasteiger partial charge >= 0.3 is 0 Å². The van der Waals surface area contributed by atoms with E-state index in [2.05, 4.69) is 22.8 Å². The molecule has 0 spiro atoms. The summed E-state index contributed by atoms with van der Waals surface area (Å²) in [7, 11) is 0. The van der Waals surface area contributed by atoms with Crippen LogP contribution in [0.25, 0.3) is 0 Å². The molecule has 6 heteroatoms. The summed E-state index contributed by atoms with van der Waals surface area (Å²) in [6, 6.07) is 0.0176. The molecule has 0 aromatic carbocycles. The van der Waals surface area contributed by atoms with Gasteiger partial charge in [-0.1, -0.05) is 12.2 Å². The summed E-state index contributed by atoms with van der Waals surface area (Å²) in [6.45, 7) is 10.0. The maximum atomic E-state index is 12.9. The first-order valence-electron chi connectivity index (χ1n) is 10.1. The average Bonchev–Trinajstić information content (AvgIpc) is 3.21. The summed E-state index contributed by atoms with van der Waals surface area (Å²) in [4.78, 5) is 38.3. The SMILES string of the molecule is CC(C)n1cc(C(=O)NC[C@H]2C[C@@H]3C=C[C@H]2C3)c(=O)c(C(=O)NC(C)(C)C)c1. The van der Waals surface area contributed by atoms with E-state index in [1.54, 1.807) is 10.8 Å². The van der Waals surface area contributed by atoms with Crippen LogP contribution >= 0.6 is 0 Å². The van der Waals surface area contributed by atoms with E-state index < -0.39 is 22.8 Å². The summed E-state index contributed by atoms with van der Waals surface area (Å²) in [5.74, 6) is 0.728. The Morgan fingerprint density at radius 1 is 1.11 bits per heavy atom. The van der Waals surface area contributed by atoms with Gasteiger partial charge in [-0.2, -0.15) is 0 Å². The van der Waals surface area contributed by atoms with Crippen LogP contribution < -0.4 is 16.1 Å². The van der Waals surface area contributed by atoms with Gasteiger partial charge in [-0.3, -0.25) is 14.4 Å². The average molecular weight is 386 g/mol. The second-order valence-corrected chi connectivity index (χ2v) is 9.41. The molecular weight excluding hydrogens is 354 g/mol. The molecule has 0 unspecified atom stereocenters. The summed E-state index contributed by atoms with van der Waals surface area (Å²) in [6.07, 6.45) is 9.85. The summed E-state index contributed by atoms with van der Waals surface area (Å²) >= 11 is 0. The fourth-order valence-corrected chi connectivity index (χ4v) is 4.08. The smallest absolute Gasteiger partial charge is 0.257 e. The molecule has 1 saturated carbocycles. The number of fused-ring (bicyclic) bond motifs is 2. The van der Waals surface area contributed by atoms with Crippen LogP contribution in [0.5, 0.6) is 0 Å². The molecule has 1 heterocycles. The number of hydrogen-bond acceptors (Lipinski definition) is 3. The first-order chi connectivity index (χ1) is 13.0. The molecule has 1 aromatic heterocycles. The Hall–Kier alpha value is -2.37. The molecule has 28 heavy (non-hydrogen) atoms. The maximum Gasteiger partial charge on any atom is 0.257 e. The lowest BCUT2D eigenvalue weighted by molar-refractivity contribution is 0.0917. The highest BCUT2D eigenvalue weighted by Gasteiger charge is 2.35.